The van der Waals surface area contributed by atoms with E-state index in [9.17, 15) is 27.9 Å². The van der Waals surface area contributed by atoms with Gasteiger partial charge in [0.25, 0.3) is 12.3 Å². The number of alkyl halides is 2. The highest BCUT2D eigenvalue weighted by Gasteiger charge is 2.24. The van der Waals surface area contributed by atoms with Crippen molar-refractivity contribution in [1.29, 1.82) is 0 Å². The Balaban J connectivity index is 1.64. The number of anilines is 1. The zero-order valence-corrected chi connectivity index (χ0v) is 18.9. The predicted octanol–water partition coefficient (Wildman–Crippen LogP) is 6.32. The number of H-pyrrole nitrogens is 1. The molecular formula is C27H17F3N4O3. The number of amides is 1. The van der Waals surface area contributed by atoms with Crippen molar-refractivity contribution in [3.8, 4) is 22.6 Å². The third kappa shape index (κ3) is 4.52. The van der Waals surface area contributed by atoms with Crippen LogP contribution < -0.4 is 5.32 Å². The lowest BCUT2D eigenvalue weighted by Crippen LogP contribution is -2.15. The number of carbonyl (C=O) groups excluding carboxylic acids is 1. The van der Waals surface area contributed by atoms with E-state index in [1.807, 2.05) is 0 Å². The van der Waals surface area contributed by atoms with Crippen molar-refractivity contribution in [2.24, 2.45) is 0 Å². The summed E-state index contributed by atoms with van der Waals surface area (Å²) >= 11 is 0. The molecule has 2 heterocycles. The molecule has 0 atom stereocenters. The van der Waals surface area contributed by atoms with Gasteiger partial charge in [-0.25, -0.2) is 27.9 Å². The molecular weight excluding hydrogens is 485 g/mol. The van der Waals surface area contributed by atoms with E-state index < -0.39 is 35.2 Å². The van der Waals surface area contributed by atoms with Crippen LogP contribution in [0.4, 0.5) is 18.9 Å². The van der Waals surface area contributed by atoms with Gasteiger partial charge >= 0.3 is 5.97 Å². The number of halogens is 3. The fourth-order valence-electron chi connectivity index (χ4n) is 4.03. The Kier molecular flexibility index (Phi) is 6.14. The largest absolute Gasteiger partial charge is 0.478 e. The molecule has 0 saturated heterocycles. The second-order valence-electron chi connectivity index (χ2n) is 8.05. The Bertz CT molecular complexity index is 1640. The number of benzene rings is 3. The molecule has 0 aliphatic rings. The lowest BCUT2D eigenvalue weighted by molar-refractivity contribution is 0.0696. The molecule has 1 amide bonds. The molecule has 0 saturated carbocycles. The Morgan fingerprint density at radius 2 is 1.68 bits per heavy atom. The van der Waals surface area contributed by atoms with Crippen LogP contribution in [0.15, 0.2) is 79.1 Å². The SMILES string of the molecule is O=C(O)c1ccc2[nH]c(-c3ccccc3)c(NC(=O)c3cc(-c4ncccn4)c(C(F)F)cc3F)c2c1. The first-order valence-corrected chi connectivity index (χ1v) is 11.0. The van der Waals surface area contributed by atoms with Gasteiger partial charge < -0.3 is 15.4 Å². The molecule has 0 spiro atoms. The summed E-state index contributed by atoms with van der Waals surface area (Å²) in [7, 11) is 0. The van der Waals surface area contributed by atoms with Gasteiger partial charge in [-0.1, -0.05) is 30.3 Å². The summed E-state index contributed by atoms with van der Waals surface area (Å²) < 4.78 is 42.3. The summed E-state index contributed by atoms with van der Waals surface area (Å²) in [6.45, 7) is 0. The van der Waals surface area contributed by atoms with Crippen molar-refractivity contribution >= 4 is 28.5 Å². The number of nitrogens with zero attached hydrogens (tertiary/aromatic N) is 2. The third-order valence-corrected chi connectivity index (χ3v) is 5.77. The van der Waals surface area contributed by atoms with E-state index in [2.05, 4.69) is 20.3 Å². The van der Waals surface area contributed by atoms with Gasteiger partial charge in [-0.05, 0) is 36.4 Å². The lowest BCUT2D eigenvalue weighted by atomic mass is 10.0. The third-order valence-electron chi connectivity index (χ3n) is 5.77. The van der Waals surface area contributed by atoms with Gasteiger partial charge in [0, 0.05) is 40.0 Å². The van der Waals surface area contributed by atoms with E-state index in [4.69, 9.17) is 0 Å². The zero-order chi connectivity index (χ0) is 26.1. The van der Waals surface area contributed by atoms with Crippen molar-refractivity contribution in [2.45, 2.75) is 6.43 Å². The number of aromatic amines is 1. The van der Waals surface area contributed by atoms with Crippen LogP contribution >= 0.6 is 0 Å². The van der Waals surface area contributed by atoms with Crippen LogP contribution in [0.5, 0.6) is 0 Å². The van der Waals surface area contributed by atoms with E-state index in [0.717, 1.165) is 6.07 Å². The minimum Gasteiger partial charge on any atom is -0.478 e. The molecule has 37 heavy (non-hydrogen) atoms. The minimum absolute atomic E-state index is 0.0161. The number of carboxylic acids is 1. The van der Waals surface area contributed by atoms with Crippen molar-refractivity contribution in [1.82, 2.24) is 15.0 Å². The number of hydrogen-bond donors (Lipinski definition) is 3. The van der Waals surface area contributed by atoms with Crippen LogP contribution in [-0.4, -0.2) is 31.9 Å². The Morgan fingerprint density at radius 3 is 2.35 bits per heavy atom. The van der Waals surface area contributed by atoms with Crippen LogP contribution in [0.25, 0.3) is 33.5 Å². The quantitative estimate of drug-likeness (QED) is 0.252. The fraction of sp³-hybridized carbons (Fsp3) is 0.0370. The number of carbonyl (C=O) groups is 2. The fourth-order valence-corrected chi connectivity index (χ4v) is 4.03. The van der Waals surface area contributed by atoms with Gasteiger partial charge in [-0.2, -0.15) is 0 Å². The number of rotatable bonds is 6. The van der Waals surface area contributed by atoms with E-state index in [1.165, 1.54) is 30.6 Å². The Hall–Kier alpha value is -4.99. The van der Waals surface area contributed by atoms with Gasteiger partial charge in [0.05, 0.1) is 22.5 Å². The molecule has 0 bridgehead atoms. The van der Waals surface area contributed by atoms with E-state index in [1.54, 1.807) is 36.4 Å². The molecule has 0 aliphatic heterocycles. The molecule has 184 valence electrons. The number of fused-ring (bicyclic) bond motifs is 1. The van der Waals surface area contributed by atoms with Gasteiger partial charge in [0.2, 0.25) is 0 Å². The van der Waals surface area contributed by atoms with Crippen molar-refractivity contribution in [3.63, 3.8) is 0 Å². The summed E-state index contributed by atoms with van der Waals surface area (Å²) in [6, 6.07) is 16.4. The summed E-state index contributed by atoms with van der Waals surface area (Å²) in [5.41, 5.74) is 0.531. The minimum atomic E-state index is -3.03. The highest BCUT2D eigenvalue weighted by Crippen LogP contribution is 2.37. The van der Waals surface area contributed by atoms with Crippen LogP contribution in [0, 0.1) is 5.82 Å². The second-order valence-corrected chi connectivity index (χ2v) is 8.05. The molecule has 3 N–H and O–H groups in total. The molecule has 0 fully saturated rings. The van der Waals surface area contributed by atoms with Gasteiger partial charge in [0.1, 0.15) is 5.82 Å². The maximum atomic E-state index is 15.0. The summed E-state index contributed by atoms with van der Waals surface area (Å²) in [5, 5.41) is 12.5. The molecule has 5 rings (SSSR count). The van der Waals surface area contributed by atoms with Crippen molar-refractivity contribution in [2.75, 3.05) is 5.32 Å². The average molecular weight is 502 g/mol. The van der Waals surface area contributed by atoms with Crippen LogP contribution in [0.1, 0.15) is 32.7 Å². The highest BCUT2D eigenvalue weighted by atomic mass is 19.3. The number of hydrogen-bond acceptors (Lipinski definition) is 4. The number of carboxylic acid groups (broad SMARTS) is 1. The monoisotopic (exact) mass is 502 g/mol. The van der Waals surface area contributed by atoms with E-state index in [-0.39, 0.29) is 22.6 Å². The lowest BCUT2D eigenvalue weighted by Gasteiger charge is -2.13. The zero-order valence-electron chi connectivity index (χ0n) is 18.9. The van der Waals surface area contributed by atoms with Crippen LogP contribution in [0.3, 0.4) is 0 Å². The number of nitrogens with one attached hydrogen (secondary N) is 2. The summed E-state index contributed by atoms with van der Waals surface area (Å²) in [6.07, 6.45) is -0.337. The van der Waals surface area contributed by atoms with E-state index >= 15 is 0 Å². The summed E-state index contributed by atoms with van der Waals surface area (Å²) in [5.74, 6) is -3.33. The normalized spacial score (nSPS) is 11.1. The number of aromatic carboxylic acids is 1. The van der Waals surface area contributed by atoms with E-state index in [0.29, 0.717) is 28.2 Å². The average Bonchev–Trinajstić information content (AvgIpc) is 3.26. The van der Waals surface area contributed by atoms with Crippen LogP contribution in [-0.2, 0) is 0 Å². The molecule has 0 radical (unpaired) electrons. The molecule has 5 aromatic rings. The highest BCUT2D eigenvalue weighted by molar-refractivity contribution is 6.14. The van der Waals surface area contributed by atoms with Crippen molar-refractivity contribution < 1.29 is 27.9 Å². The Morgan fingerprint density at radius 1 is 0.946 bits per heavy atom. The maximum absolute atomic E-state index is 15.0. The van der Waals surface area contributed by atoms with Crippen LogP contribution in [0.2, 0.25) is 0 Å². The first-order chi connectivity index (χ1) is 17.8. The first kappa shape index (κ1) is 23.7. The van der Waals surface area contributed by atoms with Gasteiger partial charge in [-0.3, -0.25) is 4.79 Å². The van der Waals surface area contributed by atoms with Gasteiger partial charge in [0.15, 0.2) is 5.82 Å². The summed E-state index contributed by atoms with van der Waals surface area (Å²) in [4.78, 5) is 36.0. The van der Waals surface area contributed by atoms with Gasteiger partial charge in [-0.15, -0.1) is 0 Å². The second kappa shape index (κ2) is 9.57. The maximum Gasteiger partial charge on any atom is 0.335 e. The number of aromatic nitrogens is 3. The molecule has 2 aromatic heterocycles. The smallest absolute Gasteiger partial charge is 0.335 e. The molecule has 0 unspecified atom stereocenters. The first-order valence-electron chi connectivity index (χ1n) is 11.0. The standard InChI is InChI=1S/C27H17F3N4O3/c28-20-13-16(24(29)30)17(25-31-9-4-10-32-25)12-18(20)26(35)34-23-19-11-15(27(36)37)7-8-21(19)33-22(23)14-5-2-1-3-6-14/h1-13,24,33H,(H,34,35)(H,36,37). The topological polar surface area (TPSA) is 108 Å². The molecule has 0 aliphatic carbocycles. The molecule has 3 aromatic carbocycles. The van der Waals surface area contributed by atoms with Crippen molar-refractivity contribution in [3.05, 3.63) is 102 Å². The molecule has 7 nitrogen and oxygen atoms in total. The predicted molar refractivity (Wildman–Crippen MR) is 131 cm³/mol. The Labute approximate surface area is 207 Å². The molecule has 10 heteroatoms.